The first-order valence-electron chi connectivity index (χ1n) is 5.97. The van der Waals surface area contributed by atoms with Crippen molar-refractivity contribution in [3.8, 4) is 0 Å². The van der Waals surface area contributed by atoms with Gasteiger partial charge in [0.1, 0.15) is 5.01 Å². The van der Waals surface area contributed by atoms with E-state index in [-0.39, 0.29) is 0 Å². The average molecular weight is 254 g/mol. The van der Waals surface area contributed by atoms with Crippen LogP contribution in [0.2, 0.25) is 0 Å². The Kier molecular flexibility index (Phi) is 5.97. The summed E-state index contributed by atoms with van der Waals surface area (Å²) in [7, 11) is 1.79. The zero-order valence-corrected chi connectivity index (χ0v) is 11.9. The summed E-state index contributed by atoms with van der Waals surface area (Å²) in [6.45, 7) is 8.19. The largest absolute Gasteiger partial charge is 0.356 e. The lowest BCUT2D eigenvalue weighted by Gasteiger charge is -2.11. The lowest BCUT2D eigenvalue weighted by Crippen LogP contribution is -2.37. The molecule has 0 atom stereocenters. The normalized spacial score (nSPS) is 11.9. The Balaban J connectivity index is 2.28. The van der Waals surface area contributed by atoms with Crippen molar-refractivity contribution in [1.82, 2.24) is 15.6 Å². The Morgan fingerprint density at radius 1 is 1.47 bits per heavy atom. The summed E-state index contributed by atoms with van der Waals surface area (Å²) in [5.41, 5.74) is 0. The molecule has 1 aromatic rings. The van der Waals surface area contributed by atoms with Crippen LogP contribution in [0.4, 0.5) is 0 Å². The Morgan fingerprint density at radius 3 is 2.76 bits per heavy atom. The summed E-state index contributed by atoms with van der Waals surface area (Å²) in [4.78, 5) is 9.72. The molecule has 0 spiro atoms. The first-order chi connectivity index (χ1) is 8.11. The maximum Gasteiger partial charge on any atom is 0.191 e. The first kappa shape index (κ1) is 14.0. The van der Waals surface area contributed by atoms with E-state index in [2.05, 4.69) is 41.4 Å². The summed E-state index contributed by atoms with van der Waals surface area (Å²) >= 11 is 1.71. The molecular weight excluding hydrogens is 232 g/mol. The number of guanidine groups is 1. The molecule has 0 aliphatic heterocycles. The highest BCUT2D eigenvalue weighted by atomic mass is 32.1. The van der Waals surface area contributed by atoms with Crippen molar-refractivity contribution in [2.24, 2.45) is 10.9 Å². The van der Waals surface area contributed by atoms with Crippen LogP contribution in [0.25, 0.3) is 0 Å². The molecule has 0 amide bonds. The van der Waals surface area contributed by atoms with Gasteiger partial charge < -0.3 is 10.6 Å². The standard InChI is InChI=1S/C12H22N4S/c1-9(2)5-6-14-12(13-4)16-8-11-15-7-10(3)17-11/h7,9H,5-6,8H2,1-4H3,(H2,13,14,16). The molecule has 5 heteroatoms. The Bertz CT molecular complexity index is 357. The molecule has 0 saturated heterocycles. The number of nitrogens with one attached hydrogen (secondary N) is 2. The van der Waals surface area contributed by atoms with Crippen molar-refractivity contribution in [2.75, 3.05) is 13.6 Å². The quantitative estimate of drug-likeness (QED) is 0.625. The summed E-state index contributed by atoms with van der Waals surface area (Å²) in [6.07, 6.45) is 3.05. The maximum absolute atomic E-state index is 4.30. The van der Waals surface area contributed by atoms with Gasteiger partial charge in [-0.25, -0.2) is 4.98 Å². The number of nitrogens with zero attached hydrogens (tertiary/aromatic N) is 2. The molecule has 96 valence electrons. The summed E-state index contributed by atoms with van der Waals surface area (Å²) in [6, 6.07) is 0. The number of thiazole rings is 1. The highest BCUT2D eigenvalue weighted by Crippen LogP contribution is 2.10. The van der Waals surface area contributed by atoms with Crippen LogP contribution in [0.5, 0.6) is 0 Å². The summed E-state index contributed by atoms with van der Waals surface area (Å²) < 4.78 is 0. The molecular formula is C12H22N4S. The number of aliphatic imine (C=N–C) groups is 1. The maximum atomic E-state index is 4.30. The van der Waals surface area contributed by atoms with E-state index in [0.717, 1.165) is 30.5 Å². The Morgan fingerprint density at radius 2 is 2.24 bits per heavy atom. The fraction of sp³-hybridized carbons (Fsp3) is 0.667. The van der Waals surface area contributed by atoms with Crippen molar-refractivity contribution in [3.63, 3.8) is 0 Å². The zero-order valence-electron chi connectivity index (χ0n) is 11.1. The monoisotopic (exact) mass is 254 g/mol. The van der Waals surface area contributed by atoms with Crippen LogP contribution < -0.4 is 10.6 Å². The van der Waals surface area contributed by atoms with Gasteiger partial charge in [-0.15, -0.1) is 11.3 Å². The molecule has 0 aromatic carbocycles. The second kappa shape index (κ2) is 7.27. The third-order valence-corrected chi connectivity index (χ3v) is 3.23. The molecule has 0 fully saturated rings. The lowest BCUT2D eigenvalue weighted by atomic mass is 10.1. The Labute approximate surface area is 108 Å². The van der Waals surface area contributed by atoms with Crippen LogP contribution >= 0.6 is 11.3 Å². The van der Waals surface area contributed by atoms with Gasteiger partial charge in [0.25, 0.3) is 0 Å². The molecule has 1 rings (SSSR count). The van der Waals surface area contributed by atoms with E-state index in [9.17, 15) is 0 Å². The number of aryl methyl sites for hydroxylation is 1. The van der Waals surface area contributed by atoms with Crippen LogP contribution in [0.15, 0.2) is 11.2 Å². The smallest absolute Gasteiger partial charge is 0.191 e. The molecule has 4 nitrogen and oxygen atoms in total. The number of aromatic nitrogens is 1. The van der Waals surface area contributed by atoms with Gasteiger partial charge in [0.2, 0.25) is 0 Å². The fourth-order valence-corrected chi connectivity index (χ4v) is 2.07. The fourth-order valence-electron chi connectivity index (χ4n) is 1.34. The van der Waals surface area contributed by atoms with Crippen molar-refractivity contribution in [1.29, 1.82) is 0 Å². The predicted molar refractivity (Wildman–Crippen MR) is 74.5 cm³/mol. The molecule has 1 heterocycles. The van der Waals surface area contributed by atoms with Gasteiger partial charge >= 0.3 is 0 Å². The van der Waals surface area contributed by atoms with Crippen LogP contribution in [0.1, 0.15) is 30.2 Å². The van der Waals surface area contributed by atoms with E-state index in [1.807, 2.05) is 6.20 Å². The van der Waals surface area contributed by atoms with E-state index in [1.54, 1.807) is 18.4 Å². The van der Waals surface area contributed by atoms with Crippen LogP contribution in [-0.2, 0) is 6.54 Å². The third kappa shape index (κ3) is 5.68. The van der Waals surface area contributed by atoms with Gasteiger partial charge in [-0.2, -0.15) is 0 Å². The van der Waals surface area contributed by atoms with Gasteiger partial charge in [-0.3, -0.25) is 4.99 Å². The number of rotatable bonds is 5. The van der Waals surface area contributed by atoms with Crippen LogP contribution in [0, 0.1) is 12.8 Å². The third-order valence-electron chi connectivity index (χ3n) is 2.31. The van der Waals surface area contributed by atoms with Crippen molar-refractivity contribution >= 4 is 17.3 Å². The summed E-state index contributed by atoms with van der Waals surface area (Å²) in [5.74, 6) is 1.56. The lowest BCUT2D eigenvalue weighted by molar-refractivity contribution is 0.573. The van der Waals surface area contributed by atoms with Gasteiger partial charge in [0, 0.05) is 24.7 Å². The van der Waals surface area contributed by atoms with E-state index >= 15 is 0 Å². The SMILES string of the molecule is CN=C(NCCC(C)C)NCc1ncc(C)s1. The van der Waals surface area contributed by atoms with Gasteiger partial charge in [-0.05, 0) is 19.3 Å². The van der Waals surface area contributed by atoms with Gasteiger partial charge in [0.15, 0.2) is 5.96 Å². The van der Waals surface area contributed by atoms with E-state index in [1.165, 1.54) is 4.88 Å². The number of hydrogen-bond acceptors (Lipinski definition) is 3. The van der Waals surface area contributed by atoms with E-state index in [4.69, 9.17) is 0 Å². The van der Waals surface area contributed by atoms with Crippen molar-refractivity contribution in [3.05, 3.63) is 16.1 Å². The van der Waals surface area contributed by atoms with Crippen molar-refractivity contribution < 1.29 is 0 Å². The van der Waals surface area contributed by atoms with E-state index < -0.39 is 0 Å². The second-order valence-corrected chi connectivity index (χ2v) is 5.72. The highest BCUT2D eigenvalue weighted by Gasteiger charge is 2.01. The van der Waals surface area contributed by atoms with Gasteiger partial charge in [0.05, 0.1) is 6.54 Å². The molecule has 0 aliphatic rings. The number of hydrogen-bond donors (Lipinski definition) is 2. The Hall–Kier alpha value is -1.10. The summed E-state index contributed by atoms with van der Waals surface area (Å²) in [5, 5.41) is 7.65. The topological polar surface area (TPSA) is 49.3 Å². The minimum atomic E-state index is 0.710. The predicted octanol–water partition coefficient (Wildman–Crippen LogP) is 2.16. The zero-order chi connectivity index (χ0) is 12.7. The van der Waals surface area contributed by atoms with Crippen LogP contribution in [-0.4, -0.2) is 24.5 Å². The highest BCUT2D eigenvalue weighted by molar-refractivity contribution is 7.11. The second-order valence-electron chi connectivity index (χ2n) is 4.40. The minimum absolute atomic E-state index is 0.710. The van der Waals surface area contributed by atoms with Crippen LogP contribution in [0.3, 0.4) is 0 Å². The molecule has 0 saturated carbocycles. The molecule has 17 heavy (non-hydrogen) atoms. The van der Waals surface area contributed by atoms with E-state index in [0.29, 0.717) is 5.92 Å². The molecule has 2 N–H and O–H groups in total. The first-order valence-corrected chi connectivity index (χ1v) is 6.79. The molecule has 1 aromatic heterocycles. The van der Waals surface area contributed by atoms with Gasteiger partial charge in [-0.1, -0.05) is 13.8 Å². The average Bonchev–Trinajstić information content (AvgIpc) is 2.69. The molecule has 0 aliphatic carbocycles. The minimum Gasteiger partial charge on any atom is -0.356 e. The molecule has 0 bridgehead atoms. The molecule has 0 radical (unpaired) electrons. The van der Waals surface area contributed by atoms with Crippen molar-refractivity contribution in [2.45, 2.75) is 33.7 Å². The molecule has 0 unspecified atom stereocenters.